The van der Waals surface area contributed by atoms with E-state index in [1.165, 1.54) is 4.90 Å². The molecule has 4 heteroatoms. The second-order valence-corrected chi connectivity index (χ2v) is 7.28. The van der Waals surface area contributed by atoms with Crippen LogP contribution in [0.15, 0.2) is 12.1 Å². The zero-order chi connectivity index (χ0) is 14.9. The van der Waals surface area contributed by atoms with Crippen LogP contribution >= 0.6 is 0 Å². The number of ether oxygens (including phenoxy) is 1. The van der Waals surface area contributed by atoms with Gasteiger partial charge in [-0.05, 0) is 40.2 Å². The molecule has 0 aromatic heterocycles. The molecule has 0 spiro atoms. The molecule has 1 unspecified atom stereocenters. The molecule has 2 heterocycles. The SMILES string of the molecule is CC1(C)Cc2ccc3c(c2O1)C(=O)N(C(C)(C)C)C3O. The fraction of sp³-hybridized carbons (Fsp3) is 0.562. The summed E-state index contributed by atoms with van der Waals surface area (Å²) in [5, 5.41) is 10.5. The molecular weight excluding hydrogens is 254 g/mol. The van der Waals surface area contributed by atoms with E-state index in [9.17, 15) is 9.90 Å². The lowest BCUT2D eigenvalue weighted by atomic mass is 9.98. The van der Waals surface area contributed by atoms with Crippen molar-refractivity contribution in [2.45, 2.75) is 58.4 Å². The van der Waals surface area contributed by atoms with Crippen LogP contribution in [0.5, 0.6) is 5.75 Å². The van der Waals surface area contributed by atoms with Gasteiger partial charge in [0.2, 0.25) is 0 Å². The Hall–Kier alpha value is -1.55. The average Bonchev–Trinajstić information content (AvgIpc) is 2.71. The Morgan fingerprint density at radius 3 is 2.60 bits per heavy atom. The maximum absolute atomic E-state index is 12.7. The van der Waals surface area contributed by atoms with Crippen molar-refractivity contribution in [2.24, 2.45) is 0 Å². The van der Waals surface area contributed by atoms with Crippen LogP contribution < -0.4 is 4.74 Å². The smallest absolute Gasteiger partial charge is 0.260 e. The molecule has 2 aliphatic heterocycles. The first-order valence-electron chi connectivity index (χ1n) is 6.98. The van der Waals surface area contributed by atoms with E-state index in [2.05, 4.69) is 0 Å². The highest BCUT2D eigenvalue weighted by atomic mass is 16.5. The highest BCUT2D eigenvalue weighted by molar-refractivity contribution is 6.02. The van der Waals surface area contributed by atoms with Crippen molar-refractivity contribution in [3.05, 3.63) is 28.8 Å². The quantitative estimate of drug-likeness (QED) is 0.792. The van der Waals surface area contributed by atoms with Crippen LogP contribution in [0.4, 0.5) is 0 Å². The van der Waals surface area contributed by atoms with E-state index in [0.29, 0.717) is 16.9 Å². The van der Waals surface area contributed by atoms with Crippen LogP contribution in [-0.2, 0) is 6.42 Å². The van der Waals surface area contributed by atoms with E-state index in [1.54, 1.807) is 0 Å². The third-order valence-electron chi connectivity index (χ3n) is 3.94. The van der Waals surface area contributed by atoms with Crippen molar-refractivity contribution in [3.63, 3.8) is 0 Å². The maximum Gasteiger partial charge on any atom is 0.260 e. The standard InChI is InChI=1S/C16H21NO3/c1-15(2,3)17-13(18)10-7-6-9-8-16(4,5)20-12(9)11(10)14(17)19/h6-7,13,18H,8H2,1-5H3. The highest BCUT2D eigenvalue weighted by Crippen LogP contribution is 2.46. The molecule has 1 aromatic carbocycles. The molecule has 1 aromatic rings. The Balaban J connectivity index is 2.14. The van der Waals surface area contributed by atoms with Crippen LogP contribution in [0.2, 0.25) is 0 Å². The molecule has 4 nitrogen and oxygen atoms in total. The van der Waals surface area contributed by atoms with Crippen LogP contribution in [0, 0.1) is 0 Å². The molecule has 0 bridgehead atoms. The third kappa shape index (κ3) is 1.74. The van der Waals surface area contributed by atoms with Crippen molar-refractivity contribution in [3.8, 4) is 5.75 Å². The molecule has 0 radical (unpaired) electrons. The number of nitrogens with zero attached hydrogens (tertiary/aromatic N) is 1. The molecule has 0 aliphatic carbocycles. The number of carbonyl (C=O) groups excluding carboxylic acids is 1. The van der Waals surface area contributed by atoms with Crippen molar-refractivity contribution in [2.75, 3.05) is 0 Å². The van der Waals surface area contributed by atoms with Crippen molar-refractivity contribution in [1.82, 2.24) is 4.90 Å². The predicted molar refractivity (Wildman–Crippen MR) is 75.7 cm³/mol. The molecule has 0 fully saturated rings. The van der Waals surface area contributed by atoms with E-state index >= 15 is 0 Å². The van der Waals surface area contributed by atoms with Gasteiger partial charge < -0.3 is 14.7 Å². The van der Waals surface area contributed by atoms with Gasteiger partial charge in [-0.2, -0.15) is 0 Å². The Bertz CT molecular complexity index is 598. The number of rotatable bonds is 0. The molecule has 3 rings (SSSR count). The summed E-state index contributed by atoms with van der Waals surface area (Å²) in [6, 6.07) is 3.82. The molecular formula is C16H21NO3. The number of aliphatic hydroxyl groups is 1. The first kappa shape index (κ1) is 13.4. The van der Waals surface area contributed by atoms with Gasteiger partial charge in [0.15, 0.2) is 6.23 Å². The minimum Gasteiger partial charge on any atom is -0.486 e. The van der Waals surface area contributed by atoms with E-state index in [1.807, 2.05) is 46.8 Å². The summed E-state index contributed by atoms with van der Waals surface area (Å²) in [7, 11) is 0. The molecule has 1 atom stereocenters. The summed E-state index contributed by atoms with van der Waals surface area (Å²) in [5.74, 6) is 0.512. The highest BCUT2D eigenvalue weighted by Gasteiger charge is 2.46. The topological polar surface area (TPSA) is 49.8 Å². The van der Waals surface area contributed by atoms with Gasteiger partial charge in [-0.25, -0.2) is 0 Å². The molecule has 0 saturated carbocycles. The lowest BCUT2D eigenvalue weighted by Crippen LogP contribution is -2.43. The second kappa shape index (κ2) is 3.76. The summed E-state index contributed by atoms with van der Waals surface area (Å²) in [4.78, 5) is 14.2. The summed E-state index contributed by atoms with van der Waals surface area (Å²) < 4.78 is 5.96. The normalized spacial score (nSPS) is 23.6. The van der Waals surface area contributed by atoms with Crippen LogP contribution in [0.1, 0.15) is 62.3 Å². The Morgan fingerprint density at radius 1 is 1.35 bits per heavy atom. The maximum atomic E-state index is 12.7. The number of fused-ring (bicyclic) bond motifs is 3. The second-order valence-electron chi connectivity index (χ2n) is 7.28. The van der Waals surface area contributed by atoms with Crippen LogP contribution in [0.25, 0.3) is 0 Å². The summed E-state index contributed by atoms with van der Waals surface area (Å²) >= 11 is 0. The molecule has 1 amide bonds. The Labute approximate surface area is 119 Å². The van der Waals surface area contributed by atoms with Gasteiger partial charge in [0.25, 0.3) is 5.91 Å². The summed E-state index contributed by atoms with van der Waals surface area (Å²) in [5.41, 5.74) is 1.51. The van der Waals surface area contributed by atoms with Crippen molar-refractivity contribution >= 4 is 5.91 Å². The van der Waals surface area contributed by atoms with Gasteiger partial charge in [0, 0.05) is 17.5 Å². The Morgan fingerprint density at radius 2 is 2.00 bits per heavy atom. The van der Waals surface area contributed by atoms with Crippen LogP contribution in [0.3, 0.4) is 0 Å². The summed E-state index contributed by atoms with van der Waals surface area (Å²) in [6.07, 6.45) is -0.107. The minimum absolute atomic E-state index is 0.144. The van der Waals surface area contributed by atoms with Gasteiger partial charge >= 0.3 is 0 Å². The van der Waals surface area contributed by atoms with Gasteiger partial charge in [-0.15, -0.1) is 0 Å². The number of aliphatic hydroxyl groups excluding tert-OH is 1. The largest absolute Gasteiger partial charge is 0.486 e. The van der Waals surface area contributed by atoms with E-state index in [-0.39, 0.29) is 11.5 Å². The minimum atomic E-state index is -0.893. The fourth-order valence-electron chi connectivity index (χ4n) is 3.15. The lowest BCUT2D eigenvalue weighted by molar-refractivity contribution is -0.0228. The number of amides is 1. The zero-order valence-electron chi connectivity index (χ0n) is 12.7. The third-order valence-corrected chi connectivity index (χ3v) is 3.94. The van der Waals surface area contributed by atoms with Crippen LogP contribution in [-0.4, -0.2) is 27.1 Å². The molecule has 20 heavy (non-hydrogen) atoms. The monoisotopic (exact) mass is 275 g/mol. The van der Waals surface area contributed by atoms with E-state index in [4.69, 9.17) is 4.74 Å². The first-order valence-corrected chi connectivity index (χ1v) is 6.98. The lowest BCUT2D eigenvalue weighted by Gasteiger charge is -2.34. The van der Waals surface area contributed by atoms with Crippen molar-refractivity contribution in [1.29, 1.82) is 0 Å². The number of hydrogen-bond acceptors (Lipinski definition) is 3. The zero-order valence-corrected chi connectivity index (χ0v) is 12.7. The predicted octanol–water partition coefficient (Wildman–Crippen LogP) is 2.65. The van der Waals surface area contributed by atoms with Gasteiger partial charge in [-0.3, -0.25) is 4.79 Å². The summed E-state index contributed by atoms with van der Waals surface area (Å²) in [6.45, 7) is 9.79. The number of carbonyl (C=O) groups is 1. The van der Waals surface area contributed by atoms with Gasteiger partial charge in [-0.1, -0.05) is 12.1 Å². The number of benzene rings is 1. The molecule has 1 N–H and O–H groups in total. The van der Waals surface area contributed by atoms with E-state index in [0.717, 1.165) is 12.0 Å². The average molecular weight is 275 g/mol. The van der Waals surface area contributed by atoms with Gasteiger partial charge in [0.1, 0.15) is 11.4 Å². The Kier molecular flexibility index (Phi) is 2.52. The fourth-order valence-corrected chi connectivity index (χ4v) is 3.15. The molecule has 2 aliphatic rings. The molecule has 0 saturated heterocycles. The van der Waals surface area contributed by atoms with Gasteiger partial charge in [0.05, 0.1) is 5.56 Å². The first-order chi connectivity index (χ1) is 9.12. The van der Waals surface area contributed by atoms with Crippen molar-refractivity contribution < 1.29 is 14.6 Å². The van der Waals surface area contributed by atoms with E-state index < -0.39 is 11.8 Å². The molecule has 108 valence electrons. The number of hydrogen-bond donors (Lipinski definition) is 1.